The van der Waals surface area contributed by atoms with Crippen LogP contribution in [0, 0.1) is 0 Å². The van der Waals surface area contributed by atoms with Crippen LogP contribution in [0.15, 0.2) is 0 Å². The Labute approximate surface area is 47.1 Å². The van der Waals surface area contributed by atoms with Crippen molar-refractivity contribution in [3.05, 3.63) is 0 Å². The van der Waals surface area contributed by atoms with Gasteiger partial charge in [0.25, 0.3) is 0 Å². The average molecular weight is 116 g/mol. The maximum Gasteiger partial charge on any atom is -0.0150 e. The van der Waals surface area contributed by atoms with Crippen molar-refractivity contribution in [2.24, 2.45) is 0 Å². The molecule has 1 atom stereocenters. The van der Waals surface area contributed by atoms with Gasteiger partial charge in [0.05, 0.1) is 0 Å². The molecule has 1 fully saturated rings. The van der Waals surface area contributed by atoms with E-state index >= 15 is 0 Å². The Bertz CT molecular complexity index is 76.2. The quantitative estimate of drug-likeness (QED) is 0.426. The van der Waals surface area contributed by atoms with Crippen molar-refractivity contribution >= 4 is 7.92 Å². The summed E-state index contributed by atoms with van der Waals surface area (Å²) in [5, 5.41) is 0.745. The summed E-state index contributed by atoms with van der Waals surface area (Å²) in [5.74, 6) is 0. The first kappa shape index (κ1) is 5.56. The highest BCUT2D eigenvalue weighted by Crippen LogP contribution is 2.58. The van der Waals surface area contributed by atoms with Gasteiger partial charge in [0, 0.05) is 0 Å². The smallest absolute Gasteiger partial charge is 0.0150 e. The predicted octanol–water partition coefficient (Wildman–Crippen LogP) is 2.28. The molecule has 1 aliphatic rings. The molecule has 0 spiro atoms. The maximum atomic E-state index is 2.40. The van der Waals surface area contributed by atoms with Crippen LogP contribution in [-0.2, 0) is 0 Å². The van der Waals surface area contributed by atoms with E-state index in [1.54, 1.807) is 0 Å². The molecule has 0 aromatic rings. The molecule has 1 heterocycles. The molecule has 1 aliphatic heterocycles. The lowest BCUT2D eigenvalue weighted by Gasteiger charge is -2.42. The van der Waals surface area contributed by atoms with Crippen LogP contribution < -0.4 is 0 Å². The van der Waals surface area contributed by atoms with Crippen LogP contribution in [0.25, 0.3) is 0 Å². The summed E-state index contributed by atoms with van der Waals surface area (Å²) in [6.07, 6.45) is 2.98. The van der Waals surface area contributed by atoms with Crippen molar-refractivity contribution in [1.82, 2.24) is 0 Å². The van der Waals surface area contributed by atoms with E-state index in [2.05, 4.69) is 20.5 Å². The molecule has 1 saturated heterocycles. The summed E-state index contributed by atoms with van der Waals surface area (Å²) in [6, 6.07) is 0. The van der Waals surface area contributed by atoms with Crippen LogP contribution >= 0.6 is 7.92 Å². The van der Waals surface area contributed by atoms with Gasteiger partial charge in [0.2, 0.25) is 0 Å². The Balaban J connectivity index is 2.43. The minimum atomic E-state index is 0.439. The van der Waals surface area contributed by atoms with Gasteiger partial charge in [-0.1, -0.05) is 13.8 Å². The van der Waals surface area contributed by atoms with Gasteiger partial charge in [-0.3, -0.25) is 0 Å². The molecule has 42 valence electrons. The second-order valence-electron chi connectivity index (χ2n) is 2.98. The van der Waals surface area contributed by atoms with E-state index in [9.17, 15) is 0 Å². The van der Waals surface area contributed by atoms with Crippen molar-refractivity contribution in [3.8, 4) is 0 Å². The van der Waals surface area contributed by atoms with Crippen molar-refractivity contribution in [1.29, 1.82) is 0 Å². The zero-order chi connectivity index (χ0) is 5.49. The molecular formula is C6H13P. The van der Waals surface area contributed by atoms with Crippen LogP contribution in [0.2, 0.25) is 0 Å². The lowest BCUT2D eigenvalue weighted by Crippen LogP contribution is -2.29. The van der Waals surface area contributed by atoms with Gasteiger partial charge in [-0.05, 0) is 24.4 Å². The predicted molar refractivity (Wildman–Crippen MR) is 36.4 cm³/mol. The zero-order valence-electron chi connectivity index (χ0n) is 5.36. The maximum absolute atomic E-state index is 2.40. The molecule has 0 nitrogen and oxygen atoms in total. The standard InChI is InChI=1S/C6H13P/c1-6(2)4-5-7(6)3/h4-5H2,1-3H3. The third kappa shape index (κ3) is 0.817. The summed E-state index contributed by atoms with van der Waals surface area (Å²) in [7, 11) is 0.439. The van der Waals surface area contributed by atoms with Crippen LogP contribution in [0.4, 0.5) is 0 Å². The second-order valence-corrected chi connectivity index (χ2v) is 6.04. The van der Waals surface area contributed by atoms with E-state index in [4.69, 9.17) is 0 Å². The normalized spacial score (nSPS) is 37.3. The molecule has 0 amide bonds. The SMILES string of the molecule is CP1CCC1(C)C. The Hall–Kier alpha value is 0.430. The fraction of sp³-hybridized carbons (Fsp3) is 1.00. The van der Waals surface area contributed by atoms with Gasteiger partial charge in [-0.25, -0.2) is 0 Å². The highest BCUT2D eigenvalue weighted by atomic mass is 31.1. The molecule has 1 heteroatoms. The summed E-state index contributed by atoms with van der Waals surface area (Å²) in [6.45, 7) is 7.16. The molecule has 1 unspecified atom stereocenters. The molecule has 0 radical (unpaired) electrons. The fourth-order valence-electron chi connectivity index (χ4n) is 0.783. The van der Waals surface area contributed by atoms with Crippen LogP contribution in [-0.4, -0.2) is 18.0 Å². The van der Waals surface area contributed by atoms with Crippen LogP contribution in [0.5, 0.6) is 0 Å². The van der Waals surface area contributed by atoms with E-state index < -0.39 is 0 Å². The Morgan fingerprint density at radius 3 is 1.86 bits per heavy atom. The minimum Gasteiger partial charge on any atom is -0.104 e. The van der Waals surface area contributed by atoms with Crippen molar-refractivity contribution in [3.63, 3.8) is 0 Å². The number of hydrogen-bond donors (Lipinski definition) is 0. The highest BCUT2D eigenvalue weighted by molar-refractivity contribution is 7.60. The molecule has 0 aromatic carbocycles. The largest absolute Gasteiger partial charge is 0.104 e. The van der Waals surface area contributed by atoms with E-state index in [0.717, 1.165) is 5.16 Å². The van der Waals surface area contributed by atoms with Gasteiger partial charge in [0.15, 0.2) is 0 Å². The molecule has 0 saturated carbocycles. The molecule has 0 aliphatic carbocycles. The van der Waals surface area contributed by atoms with E-state index in [1.807, 2.05) is 0 Å². The molecule has 1 rings (SSSR count). The van der Waals surface area contributed by atoms with E-state index in [1.165, 1.54) is 12.6 Å². The van der Waals surface area contributed by atoms with Crippen molar-refractivity contribution in [2.75, 3.05) is 12.8 Å². The van der Waals surface area contributed by atoms with E-state index in [-0.39, 0.29) is 0 Å². The van der Waals surface area contributed by atoms with Crippen molar-refractivity contribution in [2.45, 2.75) is 25.4 Å². The Kier molecular flexibility index (Phi) is 1.15. The van der Waals surface area contributed by atoms with E-state index in [0.29, 0.717) is 7.92 Å². The number of hydrogen-bond acceptors (Lipinski definition) is 0. The minimum absolute atomic E-state index is 0.439. The van der Waals surface area contributed by atoms with Gasteiger partial charge in [0.1, 0.15) is 0 Å². The summed E-state index contributed by atoms with van der Waals surface area (Å²) in [5.41, 5.74) is 0. The van der Waals surface area contributed by atoms with Gasteiger partial charge < -0.3 is 0 Å². The summed E-state index contributed by atoms with van der Waals surface area (Å²) >= 11 is 0. The summed E-state index contributed by atoms with van der Waals surface area (Å²) in [4.78, 5) is 0. The highest BCUT2D eigenvalue weighted by Gasteiger charge is 2.33. The Morgan fingerprint density at radius 2 is 1.86 bits per heavy atom. The third-order valence-electron chi connectivity index (χ3n) is 2.09. The molecule has 0 bridgehead atoms. The monoisotopic (exact) mass is 116 g/mol. The first-order valence-corrected chi connectivity index (χ1v) is 4.81. The third-order valence-corrected chi connectivity index (χ3v) is 5.28. The molecule has 0 N–H and O–H groups in total. The Morgan fingerprint density at radius 1 is 1.43 bits per heavy atom. The fourth-order valence-corrected chi connectivity index (χ4v) is 2.35. The first-order valence-electron chi connectivity index (χ1n) is 2.84. The van der Waals surface area contributed by atoms with Crippen LogP contribution in [0.3, 0.4) is 0 Å². The second kappa shape index (κ2) is 1.45. The van der Waals surface area contributed by atoms with Gasteiger partial charge in [-0.2, -0.15) is 0 Å². The molecule has 0 aromatic heterocycles. The first-order chi connectivity index (χ1) is 3.13. The average Bonchev–Trinajstić information content (AvgIpc) is 1.63. The molecular weight excluding hydrogens is 103 g/mol. The van der Waals surface area contributed by atoms with Crippen molar-refractivity contribution < 1.29 is 0 Å². The zero-order valence-corrected chi connectivity index (χ0v) is 6.26. The number of rotatable bonds is 0. The lowest BCUT2D eigenvalue weighted by molar-refractivity contribution is 0.622. The topological polar surface area (TPSA) is 0 Å². The molecule has 7 heavy (non-hydrogen) atoms. The van der Waals surface area contributed by atoms with Crippen LogP contribution in [0.1, 0.15) is 20.3 Å². The van der Waals surface area contributed by atoms with Gasteiger partial charge in [-0.15, -0.1) is 7.92 Å². The van der Waals surface area contributed by atoms with Gasteiger partial charge >= 0.3 is 0 Å². The summed E-state index contributed by atoms with van der Waals surface area (Å²) < 4.78 is 0. The lowest BCUT2D eigenvalue weighted by atomic mass is 10.1.